The first-order valence-electron chi connectivity index (χ1n) is 11.1. The number of benzene rings is 3. The number of carbonyl (C=O) groups excluding carboxylic acids is 2. The van der Waals surface area contributed by atoms with Gasteiger partial charge in [-0.2, -0.15) is 0 Å². The van der Waals surface area contributed by atoms with E-state index in [0.29, 0.717) is 15.8 Å². The number of thioether (sulfide) groups is 1. The molecular weight excluding hydrogens is 514 g/mol. The van der Waals surface area contributed by atoms with E-state index in [9.17, 15) is 9.59 Å². The first-order chi connectivity index (χ1) is 17.4. The van der Waals surface area contributed by atoms with Gasteiger partial charge in [0.1, 0.15) is 5.75 Å². The van der Waals surface area contributed by atoms with Crippen LogP contribution in [-0.4, -0.2) is 29.2 Å². The number of ether oxygens (including phenoxy) is 1. The fourth-order valence-electron chi connectivity index (χ4n) is 3.30. The van der Waals surface area contributed by atoms with Crippen molar-refractivity contribution >= 4 is 57.3 Å². The van der Waals surface area contributed by atoms with Crippen LogP contribution in [0.1, 0.15) is 12.5 Å². The predicted octanol–water partition coefficient (Wildman–Crippen LogP) is 6.77. The Morgan fingerprint density at radius 1 is 1.00 bits per heavy atom. The smallest absolute Gasteiger partial charge is 0.239 e. The van der Waals surface area contributed by atoms with Gasteiger partial charge < -0.3 is 15.4 Å². The van der Waals surface area contributed by atoms with Gasteiger partial charge in [-0.1, -0.05) is 23.7 Å². The van der Waals surface area contributed by atoms with Gasteiger partial charge in [0.15, 0.2) is 5.13 Å². The summed E-state index contributed by atoms with van der Waals surface area (Å²) in [6, 6.07) is 22.2. The number of thiazole rings is 1. The van der Waals surface area contributed by atoms with E-state index < -0.39 is 0 Å². The molecule has 1 aromatic heterocycles. The lowest BCUT2D eigenvalue weighted by Gasteiger charge is -2.11. The van der Waals surface area contributed by atoms with Gasteiger partial charge >= 0.3 is 0 Å². The number of amides is 2. The summed E-state index contributed by atoms with van der Waals surface area (Å²) in [5, 5.41) is 8.56. The van der Waals surface area contributed by atoms with Crippen molar-refractivity contribution in [3.8, 4) is 17.0 Å². The summed E-state index contributed by atoms with van der Waals surface area (Å²) in [6.45, 7) is 1.85. The SMILES string of the molecule is COc1ccc(-c2csc(NC(=O)C(C)Sc3ccc(NC(=O)Cc4ccc(Cl)cc4)cc3)n2)cc1. The third kappa shape index (κ3) is 7.10. The van der Waals surface area contributed by atoms with Gasteiger partial charge in [0, 0.05) is 26.5 Å². The summed E-state index contributed by atoms with van der Waals surface area (Å²) in [6.07, 6.45) is 0.266. The zero-order valence-corrected chi connectivity index (χ0v) is 22.0. The van der Waals surface area contributed by atoms with Crippen LogP contribution in [0.15, 0.2) is 83.1 Å². The summed E-state index contributed by atoms with van der Waals surface area (Å²) >= 11 is 8.71. The van der Waals surface area contributed by atoms with Crippen molar-refractivity contribution in [3.05, 3.63) is 88.8 Å². The molecule has 0 aliphatic carbocycles. The quantitative estimate of drug-likeness (QED) is 0.230. The van der Waals surface area contributed by atoms with E-state index >= 15 is 0 Å². The standard InChI is InChI=1S/C27H24ClN3O3S2/c1-17(26(33)31-27-30-24(16-35-27)19-5-11-22(34-2)12-6-19)36-23-13-9-21(10-14-23)29-25(32)15-18-3-7-20(28)8-4-18/h3-14,16-17H,15H2,1-2H3,(H,29,32)(H,30,31,33). The van der Waals surface area contributed by atoms with Gasteiger partial charge in [0.05, 0.1) is 24.5 Å². The molecule has 1 unspecified atom stereocenters. The maximum absolute atomic E-state index is 12.7. The molecule has 1 heterocycles. The van der Waals surface area contributed by atoms with E-state index in [-0.39, 0.29) is 23.5 Å². The number of hydrogen-bond donors (Lipinski definition) is 2. The molecule has 9 heteroatoms. The molecule has 0 fully saturated rings. The lowest BCUT2D eigenvalue weighted by atomic mass is 10.1. The van der Waals surface area contributed by atoms with Crippen LogP contribution in [0, 0.1) is 0 Å². The maximum atomic E-state index is 12.7. The third-order valence-corrected chi connectivity index (χ3v) is 7.34. The van der Waals surface area contributed by atoms with E-state index in [2.05, 4.69) is 15.6 Å². The molecule has 4 rings (SSSR count). The Balaban J connectivity index is 1.27. The molecule has 184 valence electrons. The fourth-order valence-corrected chi connectivity index (χ4v) is 5.02. The van der Waals surface area contributed by atoms with Crippen molar-refractivity contribution in [2.45, 2.75) is 23.5 Å². The second-order valence-corrected chi connectivity index (χ2v) is 10.6. The molecule has 6 nitrogen and oxygen atoms in total. The molecule has 1 atom stereocenters. The predicted molar refractivity (Wildman–Crippen MR) is 148 cm³/mol. The van der Waals surface area contributed by atoms with E-state index in [1.807, 2.05) is 73.0 Å². The van der Waals surface area contributed by atoms with E-state index in [1.54, 1.807) is 19.2 Å². The summed E-state index contributed by atoms with van der Waals surface area (Å²) in [5.41, 5.74) is 3.34. The van der Waals surface area contributed by atoms with Crippen molar-refractivity contribution in [1.29, 1.82) is 0 Å². The number of carbonyl (C=O) groups is 2. The van der Waals surface area contributed by atoms with Crippen molar-refractivity contribution in [3.63, 3.8) is 0 Å². The van der Waals surface area contributed by atoms with Crippen LogP contribution in [0.3, 0.4) is 0 Å². The topological polar surface area (TPSA) is 80.3 Å². The van der Waals surface area contributed by atoms with Gasteiger partial charge in [-0.15, -0.1) is 23.1 Å². The molecule has 0 spiro atoms. The molecule has 0 saturated carbocycles. The molecule has 0 bridgehead atoms. The second kappa shape index (κ2) is 12.1. The van der Waals surface area contributed by atoms with Crippen molar-refractivity contribution < 1.29 is 14.3 Å². The molecule has 0 aliphatic rings. The van der Waals surface area contributed by atoms with Crippen molar-refractivity contribution in [2.24, 2.45) is 0 Å². The van der Waals surface area contributed by atoms with Gasteiger partial charge in [-0.25, -0.2) is 4.98 Å². The molecule has 0 radical (unpaired) electrons. The first-order valence-corrected chi connectivity index (χ1v) is 13.2. The van der Waals surface area contributed by atoms with E-state index in [1.165, 1.54) is 23.1 Å². The molecule has 0 saturated heterocycles. The summed E-state index contributed by atoms with van der Waals surface area (Å²) in [5.74, 6) is 0.542. The number of rotatable bonds is 9. The Labute approximate surface area is 223 Å². The van der Waals surface area contributed by atoms with E-state index in [4.69, 9.17) is 16.3 Å². The largest absolute Gasteiger partial charge is 0.497 e. The number of hydrogen-bond acceptors (Lipinski definition) is 6. The Morgan fingerprint density at radius 2 is 1.69 bits per heavy atom. The third-order valence-electron chi connectivity index (χ3n) is 5.22. The highest BCUT2D eigenvalue weighted by atomic mass is 35.5. The normalized spacial score (nSPS) is 11.5. The minimum absolute atomic E-state index is 0.108. The van der Waals surface area contributed by atoms with Crippen molar-refractivity contribution in [2.75, 3.05) is 17.7 Å². The zero-order chi connectivity index (χ0) is 25.5. The number of halogens is 1. The van der Waals surface area contributed by atoms with Crippen LogP contribution in [0.2, 0.25) is 5.02 Å². The van der Waals surface area contributed by atoms with Gasteiger partial charge in [-0.3, -0.25) is 9.59 Å². The van der Waals surface area contributed by atoms with E-state index in [0.717, 1.165) is 27.5 Å². The van der Waals surface area contributed by atoms with Gasteiger partial charge in [0.25, 0.3) is 0 Å². The average molecular weight is 538 g/mol. The molecule has 36 heavy (non-hydrogen) atoms. The zero-order valence-electron chi connectivity index (χ0n) is 19.7. The minimum atomic E-state index is -0.330. The van der Waals surface area contributed by atoms with Crippen LogP contribution in [0.25, 0.3) is 11.3 Å². The highest BCUT2D eigenvalue weighted by Gasteiger charge is 2.17. The van der Waals surface area contributed by atoms with Gasteiger partial charge in [-0.05, 0) is 73.2 Å². The van der Waals surface area contributed by atoms with Crippen LogP contribution in [0.5, 0.6) is 5.75 Å². The number of anilines is 2. The summed E-state index contributed by atoms with van der Waals surface area (Å²) in [7, 11) is 1.63. The fraction of sp³-hybridized carbons (Fsp3) is 0.148. The monoisotopic (exact) mass is 537 g/mol. The van der Waals surface area contributed by atoms with Gasteiger partial charge in [0.2, 0.25) is 11.8 Å². The van der Waals surface area contributed by atoms with Crippen LogP contribution < -0.4 is 15.4 Å². The molecule has 3 aromatic carbocycles. The van der Waals surface area contributed by atoms with Crippen LogP contribution in [0.4, 0.5) is 10.8 Å². The lowest BCUT2D eigenvalue weighted by molar-refractivity contribution is -0.116. The summed E-state index contributed by atoms with van der Waals surface area (Å²) < 4.78 is 5.19. The lowest BCUT2D eigenvalue weighted by Crippen LogP contribution is -2.22. The van der Waals surface area contributed by atoms with Crippen molar-refractivity contribution in [1.82, 2.24) is 4.98 Å². The highest BCUT2D eigenvalue weighted by Crippen LogP contribution is 2.29. The Kier molecular flexibility index (Phi) is 8.64. The first kappa shape index (κ1) is 25.8. The number of nitrogens with zero attached hydrogens (tertiary/aromatic N) is 1. The Bertz CT molecular complexity index is 1320. The molecule has 4 aromatic rings. The second-order valence-electron chi connectivity index (χ2n) is 7.89. The highest BCUT2D eigenvalue weighted by molar-refractivity contribution is 8.00. The average Bonchev–Trinajstić information content (AvgIpc) is 3.35. The molecule has 0 aliphatic heterocycles. The number of nitrogens with one attached hydrogen (secondary N) is 2. The molecule has 2 N–H and O–H groups in total. The van der Waals surface area contributed by atoms with Crippen LogP contribution >= 0.6 is 34.7 Å². The molecular formula is C27H24ClN3O3S2. The molecule has 2 amide bonds. The Morgan fingerprint density at radius 3 is 2.36 bits per heavy atom. The number of methoxy groups -OCH3 is 1. The Hall–Kier alpha value is -3.33. The summed E-state index contributed by atoms with van der Waals surface area (Å²) in [4.78, 5) is 30.5. The van der Waals surface area contributed by atoms with Crippen LogP contribution in [-0.2, 0) is 16.0 Å². The minimum Gasteiger partial charge on any atom is -0.497 e. The number of aromatic nitrogens is 1. The maximum Gasteiger partial charge on any atom is 0.239 e.